The van der Waals surface area contributed by atoms with E-state index in [1.54, 1.807) is 11.3 Å². The molecule has 0 spiro atoms. The number of carbonyl (C=O) groups excluding carboxylic acids is 1. The molecular weight excluding hydrogens is 374 g/mol. The van der Waals surface area contributed by atoms with Crippen molar-refractivity contribution in [3.05, 3.63) is 88.2 Å². The zero-order valence-electron chi connectivity index (χ0n) is 14.3. The van der Waals surface area contributed by atoms with Gasteiger partial charge in [-0.2, -0.15) is 0 Å². The highest BCUT2D eigenvalue weighted by Crippen LogP contribution is 2.29. The van der Waals surface area contributed by atoms with Gasteiger partial charge in [-0.1, -0.05) is 48.5 Å². The monoisotopic (exact) mass is 389 g/mol. The summed E-state index contributed by atoms with van der Waals surface area (Å²) in [5.41, 5.74) is 4.15. The lowest BCUT2D eigenvalue weighted by Gasteiger charge is -2.10. The molecule has 0 saturated carbocycles. The van der Waals surface area contributed by atoms with Gasteiger partial charge in [0.2, 0.25) is 0 Å². The number of rotatable bonds is 4. The van der Waals surface area contributed by atoms with Crippen molar-refractivity contribution in [2.75, 3.05) is 5.32 Å². The van der Waals surface area contributed by atoms with E-state index in [4.69, 9.17) is 0 Å². The molecule has 27 heavy (non-hydrogen) atoms. The number of thiophene rings is 1. The molecular formula is C21H15N3OS2. The lowest BCUT2D eigenvalue weighted by molar-refractivity contribution is 0.103. The summed E-state index contributed by atoms with van der Waals surface area (Å²) in [7, 11) is 0. The van der Waals surface area contributed by atoms with Crippen LogP contribution in [0.1, 0.15) is 20.8 Å². The number of hydrogen-bond donors (Lipinski definition) is 1. The molecule has 5 aromatic rings. The van der Waals surface area contributed by atoms with Crippen molar-refractivity contribution >= 4 is 49.6 Å². The Morgan fingerprint density at radius 3 is 2.78 bits per heavy atom. The number of hydrogen-bond acceptors (Lipinski definition) is 4. The molecule has 4 nitrogen and oxygen atoms in total. The fourth-order valence-corrected chi connectivity index (χ4v) is 4.85. The minimum absolute atomic E-state index is 0.0949. The Morgan fingerprint density at radius 1 is 1.07 bits per heavy atom. The first-order chi connectivity index (χ1) is 13.3. The Kier molecular flexibility index (Phi) is 3.99. The van der Waals surface area contributed by atoms with Crippen LogP contribution in [0, 0.1) is 0 Å². The van der Waals surface area contributed by atoms with Crippen molar-refractivity contribution in [2.45, 2.75) is 6.42 Å². The van der Waals surface area contributed by atoms with Crippen molar-refractivity contribution in [3.63, 3.8) is 0 Å². The first-order valence-electron chi connectivity index (χ1n) is 8.56. The molecule has 0 atom stereocenters. The fraction of sp³-hybridized carbons (Fsp3) is 0.0476. The van der Waals surface area contributed by atoms with Crippen molar-refractivity contribution in [2.24, 2.45) is 0 Å². The summed E-state index contributed by atoms with van der Waals surface area (Å²) >= 11 is 3.02. The fourth-order valence-electron chi connectivity index (χ4n) is 3.16. The topological polar surface area (TPSA) is 46.4 Å². The molecule has 0 unspecified atom stereocenters. The van der Waals surface area contributed by atoms with E-state index >= 15 is 0 Å². The molecule has 0 fully saturated rings. The molecule has 5 rings (SSSR count). The second-order valence-corrected chi connectivity index (χ2v) is 8.15. The van der Waals surface area contributed by atoms with Crippen LogP contribution in [0.4, 0.5) is 5.69 Å². The predicted octanol–water partition coefficient (Wildman–Crippen LogP) is 5.45. The number of benzene rings is 2. The highest BCUT2D eigenvalue weighted by Gasteiger charge is 2.16. The molecule has 6 heteroatoms. The number of imidazole rings is 1. The number of para-hydroxylation sites is 1. The van der Waals surface area contributed by atoms with Gasteiger partial charge < -0.3 is 5.32 Å². The van der Waals surface area contributed by atoms with Gasteiger partial charge in [0.05, 0.1) is 10.4 Å². The van der Waals surface area contributed by atoms with E-state index < -0.39 is 0 Å². The van der Waals surface area contributed by atoms with E-state index in [1.807, 2.05) is 58.4 Å². The third-order valence-corrected chi connectivity index (χ3v) is 6.24. The van der Waals surface area contributed by atoms with Crippen LogP contribution in [0.15, 0.2) is 72.2 Å². The standard InChI is InChI=1S/C21H15N3OS2/c25-19(18-13-17-20(27-18)23-21-24(17)10-11-26-21)22-16-9-5-4-8-15(16)12-14-6-2-1-3-7-14/h1-11,13H,12H2,(H,22,25). The minimum Gasteiger partial charge on any atom is -0.321 e. The molecule has 132 valence electrons. The molecule has 0 aliphatic heterocycles. The number of nitrogens with one attached hydrogen (secondary N) is 1. The number of aromatic nitrogens is 2. The van der Waals surface area contributed by atoms with Crippen LogP contribution in [-0.4, -0.2) is 15.3 Å². The third-order valence-electron chi connectivity index (χ3n) is 4.47. The van der Waals surface area contributed by atoms with Gasteiger partial charge in [-0.15, -0.1) is 22.7 Å². The lowest BCUT2D eigenvalue weighted by Crippen LogP contribution is -2.12. The maximum Gasteiger partial charge on any atom is 0.265 e. The smallest absolute Gasteiger partial charge is 0.265 e. The normalized spacial score (nSPS) is 11.3. The van der Waals surface area contributed by atoms with Gasteiger partial charge in [0.25, 0.3) is 5.91 Å². The second kappa shape index (κ2) is 6.64. The Morgan fingerprint density at radius 2 is 1.89 bits per heavy atom. The van der Waals surface area contributed by atoms with Gasteiger partial charge in [-0.25, -0.2) is 4.98 Å². The Labute approximate surface area is 163 Å². The van der Waals surface area contributed by atoms with Crippen LogP contribution < -0.4 is 5.32 Å². The molecule has 1 amide bonds. The van der Waals surface area contributed by atoms with Crippen LogP contribution >= 0.6 is 22.7 Å². The maximum absolute atomic E-state index is 12.8. The Balaban J connectivity index is 1.43. The number of nitrogens with zero attached hydrogens (tertiary/aromatic N) is 2. The molecule has 2 aromatic carbocycles. The Bertz CT molecular complexity index is 1250. The van der Waals surface area contributed by atoms with Crippen LogP contribution in [0.2, 0.25) is 0 Å². The number of carbonyl (C=O) groups is 1. The summed E-state index contributed by atoms with van der Waals surface area (Å²) in [6, 6.07) is 20.1. The van der Waals surface area contributed by atoms with Crippen LogP contribution in [0.3, 0.4) is 0 Å². The first kappa shape index (κ1) is 16.2. The van der Waals surface area contributed by atoms with Gasteiger partial charge in [0, 0.05) is 17.3 Å². The third kappa shape index (κ3) is 3.03. The van der Waals surface area contributed by atoms with E-state index in [0.717, 1.165) is 33.0 Å². The molecule has 3 aromatic heterocycles. The maximum atomic E-state index is 12.8. The zero-order chi connectivity index (χ0) is 18.2. The van der Waals surface area contributed by atoms with E-state index in [9.17, 15) is 4.79 Å². The quantitative estimate of drug-likeness (QED) is 0.444. The molecule has 0 saturated heterocycles. The highest BCUT2D eigenvalue weighted by atomic mass is 32.1. The summed E-state index contributed by atoms with van der Waals surface area (Å²) in [6.07, 6.45) is 2.76. The summed E-state index contributed by atoms with van der Waals surface area (Å²) in [6.45, 7) is 0. The molecule has 0 aliphatic rings. The van der Waals surface area contributed by atoms with E-state index in [2.05, 4.69) is 28.5 Å². The van der Waals surface area contributed by atoms with Gasteiger partial charge in [0.1, 0.15) is 4.83 Å². The van der Waals surface area contributed by atoms with E-state index in [-0.39, 0.29) is 5.91 Å². The molecule has 0 radical (unpaired) electrons. The van der Waals surface area contributed by atoms with Crippen molar-refractivity contribution in [1.82, 2.24) is 9.38 Å². The summed E-state index contributed by atoms with van der Waals surface area (Å²) in [5, 5.41) is 5.08. The second-order valence-electron chi connectivity index (χ2n) is 6.24. The summed E-state index contributed by atoms with van der Waals surface area (Å²) in [4.78, 5) is 19.9. The van der Waals surface area contributed by atoms with Crippen molar-refractivity contribution < 1.29 is 4.79 Å². The lowest BCUT2D eigenvalue weighted by atomic mass is 10.0. The molecule has 1 N–H and O–H groups in total. The summed E-state index contributed by atoms with van der Waals surface area (Å²) < 4.78 is 2.02. The van der Waals surface area contributed by atoms with Crippen LogP contribution in [0.5, 0.6) is 0 Å². The van der Waals surface area contributed by atoms with Crippen LogP contribution in [-0.2, 0) is 6.42 Å². The minimum atomic E-state index is -0.0949. The number of amides is 1. The van der Waals surface area contributed by atoms with Gasteiger partial charge >= 0.3 is 0 Å². The van der Waals surface area contributed by atoms with E-state index in [0.29, 0.717) is 4.88 Å². The van der Waals surface area contributed by atoms with E-state index in [1.165, 1.54) is 16.9 Å². The number of anilines is 1. The van der Waals surface area contributed by atoms with Crippen molar-refractivity contribution in [1.29, 1.82) is 0 Å². The Hall–Kier alpha value is -2.96. The van der Waals surface area contributed by atoms with Crippen molar-refractivity contribution in [3.8, 4) is 0 Å². The van der Waals surface area contributed by atoms with Crippen LogP contribution in [0.25, 0.3) is 15.3 Å². The highest BCUT2D eigenvalue weighted by molar-refractivity contribution is 7.21. The zero-order valence-corrected chi connectivity index (χ0v) is 15.9. The average Bonchev–Trinajstić information content (AvgIpc) is 3.36. The molecule has 0 aliphatic carbocycles. The molecule has 3 heterocycles. The van der Waals surface area contributed by atoms with Gasteiger partial charge in [-0.3, -0.25) is 9.20 Å². The SMILES string of the molecule is O=C(Nc1ccccc1Cc1ccccc1)c1cc2c(nc3sccn32)s1. The van der Waals surface area contributed by atoms with Gasteiger partial charge in [-0.05, 0) is 29.7 Å². The van der Waals surface area contributed by atoms with Gasteiger partial charge in [0.15, 0.2) is 4.96 Å². The average molecular weight is 390 g/mol. The number of fused-ring (bicyclic) bond motifs is 3. The first-order valence-corrected chi connectivity index (χ1v) is 10.3. The summed E-state index contributed by atoms with van der Waals surface area (Å²) in [5.74, 6) is -0.0949. The molecule has 0 bridgehead atoms. The predicted molar refractivity (Wildman–Crippen MR) is 112 cm³/mol. The largest absolute Gasteiger partial charge is 0.321 e. The number of thiazole rings is 1.